The van der Waals surface area contributed by atoms with Gasteiger partial charge >= 0.3 is 29.8 Å². The first kappa shape index (κ1) is 17.4. The molecule has 0 aliphatic carbocycles. The fourth-order valence-corrected chi connectivity index (χ4v) is 2.58. The Labute approximate surface area is 137 Å². The van der Waals surface area contributed by atoms with Crippen LogP contribution in [0.15, 0.2) is 18.2 Å². The predicted molar refractivity (Wildman–Crippen MR) is 78.7 cm³/mol. The molecule has 128 valence electrons. The highest BCUT2D eigenvalue weighted by Gasteiger charge is 2.34. The maximum atomic E-state index is 11.6. The Balaban J connectivity index is 3.38. The standard InChI is InChI=1S/C15H8O10/c16-11(17)5-3-1-2-4-6(5)8(13(20)21)10(15(24)25)9(14(22)23)7(4)12(18)19/h1-3H,(H,16,17)(H,18,19)(H,20,21)(H,22,23)(H,24,25). The highest BCUT2D eigenvalue weighted by Crippen LogP contribution is 2.33. The van der Waals surface area contributed by atoms with Crippen LogP contribution in [0.1, 0.15) is 51.8 Å². The van der Waals surface area contributed by atoms with Crippen molar-refractivity contribution in [2.24, 2.45) is 0 Å². The first-order valence-electron chi connectivity index (χ1n) is 6.38. The number of rotatable bonds is 5. The summed E-state index contributed by atoms with van der Waals surface area (Å²) in [6, 6.07) is 3.06. The van der Waals surface area contributed by atoms with Gasteiger partial charge in [-0.15, -0.1) is 0 Å². The molecule has 0 saturated heterocycles. The summed E-state index contributed by atoms with van der Waals surface area (Å²) in [6.07, 6.45) is 0. The molecule has 5 N–H and O–H groups in total. The van der Waals surface area contributed by atoms with Crippen molar-refractivity contribution in [3.05, 3.63) is 46.0 Å². The van der Waals surface area contributed by atoms with Gasteiger partial charge in [0.15, 0.2) is 0 Å². The van der Waals surface area contributed by atoms with E-state index in [2.05, 4.69) is 0 Å². The lowest BCUT2D eigenvalue weighted by Gasteiger charge is -2.15. The molecule has 0 aromatic heterocycles. The van der Waals surface area contributed by atoms with Crippen molar-refractivity contribution in [1.82, 2.24) is 0 Å². The van der Waals surface area contributed by atoms with Crippen molar-refractivity contribution in [3.63, 3.8) is 0 Å². The van der Waals surface area contributed by atoms with E-state index >= 15 is 0 Å². The van der Waals surface area contributed by atoms with E-state index in [9.17, 15) is 49.5 Å². The lowest BCUT2D eigenvalue weighted by atomic mass is 9.86. The Morgan fingerprint density at radius 3 is 1.40 bits per heavy atom. The SMILES string of the molecule is O=C(O)c1c(C(=O)O)c(C(=O)O)c2c(C(=O)O)cccc2c1C(=O)O. The summed E-state index contributed by atoms with van der Waals surface area (Å²) < 4.78 is 0. The van der Waals surface area contributed by atoms with E-state index < -0.39 is 68.4 Å². The molecule has 0 spiro atoms. The van der Waals surface area contributed by atoms with Crippen molar-refractivity contribution >= 4 is 40.6 Å². The van der Waals surface area contributed by atoms with Crippen molar-refractivity contribution in [2.45, 2.75) is 0 Å². The summed E-state index contributed by atoms with van der Waals surface area (Å²) >= 11 is 0. The molecule has 2 aromatic rings. The average Bonchev–Trinajstić information content (AvgIpc) is 2.50. The van der Waals surface area contributed by atoms with E-state index in [4.69, 9.17) is 0 Å². The number of hydrogen-bond donors (Lipinski definition) is 5. The fourth-order valence-electron chi connectivity index (χ4n) is 2.58. The van der Waals surface area contributed by atoms with Gasteiger partial charge in [-0.25, -0.2) is 24.0 Å². The molecule has 10 nitrogen and oxygen atoms in total. The first-order chi connectivity index (χ1) is 11.6. The minimum Gasteiger partial charge on any atom is -0.478 e. The van der Waals surface area contributed by atoms with Gasteiger partial charge in [0.25, 0.3) is 0 Å². The van der Waals surface area contributed by atoms with Crippen molar-refractivity contribution in [3.8, 4) is 0 Å². The molecule has 2 aromatic carbocycles. The van der Waals surface area contributed by atoms with Gasteiger partial charge in [-0.05, 0) is 11.5 Å². The average molecular weight is 348 g/mol. The molecule has 2 rings (SSSR count). The Hall–Kier alpha value is -3.95. The molecule has 0 heterocycles. The highest BCUT2D eigenvalue weighted by molar-refractivity contribution is 6.26. The third-order valence-corrected chi connectivity index (χ3v) is 3.42. The zero-order valence-corrected chi connectivity index (χ0v) is 12.0. The molecule has 25 heavy (non-hydrogen) atoms. The maximum absolute atomic E-state index is 11.6. The molecule has 0 amide bonds. The molecule has 0 fully saturated rings. The lowest BCUT2D eigenvalue weighted by molar-refractivity contribution is 0.0621. The zero-order valence-electron chi connectivity index (χ0n) is 12.0. The Kier molecular flexibility index (Phi) is 4.12. The third-order valence-electron chi connectivity index (χ3n) is 3.42. The molecule has 10 heteroatoms. The summed E-state index contributed by atoms with van der Waals surface area (Å²) in [5.41, 5.74) is -5.33. The van der Waals surface area contributed by atoms with Crippen molar-refractivity contribution in [1.29, 1.82) is 0 Å². The van der Waals surface area contributed by atoms with Crippen LogP contribution in [0.3, 0.4) is 0 Å². The van der Waals surface area contributed by atoms with E-state index in [0.717, 1.165) is 18.2 Å². The van der Waals surface area contributed by atoms with Gasteiger partial charge in [-0.2, -0.15) is 0 Å². The fraction of sp³-hybridized carbons (Fsp3) is 0. The molecule has 0 atom stereocenters. The Morgan fingerprint density at radius 1 is 0.560 bits per heavy atom. The molecule has 0 bridgehead atoms. The maximum Gasteiger partial charge on any atom is 0.337 e. The van der Waals surface area contributed by atoms with Crippen LogP contribution < -0.4 is 0 Å². The molecule has 0 radical (unpaired) electrons. The highest BCUT2D eigenvalue weighted by atomic mass is 16.4. The van der Waals surface area contributed by atoms with Gasteiger partial charge in [0.1, 0.15) is 0 Å². The van der Waals surface area contributed by atoms with Gasteiger partial charge in [0.2, 0.25) is 0 Å². The van der Waals surface area contributed by atoms with E-state index in [-0.39, 0.29) is 0 Å². The van der Waals surface area contributed by atoms with Crippen LogP contribution in [0.4, 0.5) is 0 Å². The van der Waals surface area contributed by atoms with Gasteiger partial charge in [0, 0.05) is 5.39 Å². The van der Waals surface area contributed by atoms with Crippen LogP contribution in [0.25, 0.3) is 10.8 Å². The van der Waals surface area contributed by atoms with Crippen LogP contribution in [0, 0.1) is 0 Å². The van der Waals surface area contributed by atoms with Crippen LogP contribution in [0.5, 0.6) is 0 Å². The minimum absolute atomic E-state index is 0.507. The number of benzene rings is 2. The molecular formula is C15H8O10. The van der Waals surface area contributed by atoms with Crippen molar-refractivity contribution < 1.29 is 49.5 Å². The number of carboxylic acids is 5. The van der Waals surface area contributed by atoms with Gasteiger partial charge in [-0.3, -0.25) is 0 Å². The second-order valence-electron chi connectivity index (χ2n) is 4.75. The van der Waals surface area contributed by atoms with Crippen LogP contribution in [-0.4, -0.2) is 55.4 Å². The summed E-state index contributed by atoms with van der Waals surface area (Å²) in [6.45, 7) is 0. The predicted octanol–water partition coefficient (Wildman–Crippen LogP) is 1.33. The number of aromatic carboxylic acids is 5. The molecule has 0 unspecified atom stereocenters. The van der Waals surface area contributed by atoms with E-state index in [0.29, 0.717) is 0 Å². The smallest absolute Gasteiger partial charge is 0.337 e. The first-order valence-corrected chi connectivity index (χ1v) is 6.38. The molecule has 0 saturated carbocycles. The summed E-state index contributed by atoms with van der Waals surface area (Å²) in [5.74, 6) is -9.37. The normalized spacial score (nSPS) is 10.4. The molecule has 0 aliphatic rings. The van der Waals surface area contributed by atoms with Gasteiger partial charge < -0.3 is 25.5 Å². The molecule has 0 aliphatic heterocycles. The summed E-state index contributed by atoms with van der Waals surface area (Å²) in [5, 5.41) is 45.2. The largest absolute Gasteiger partial charge is 0.478 e. The monoisotopic (exact) mass is 348 g/mol. The summed E-state index contributed by atoms with van der Waals surface area (Å²) in [7, 11) is 0. The topological polar surface area (TPSA) is 186 Å². The van der Waals surface area contributed by atoms with E-state index in [1.807, 2.05) is 0 Å². The van der Waals surface area contributed by atoms with Crippen LogP contribution in [-0.2, 0) is 0 Å². The van der Waals surface area contributed by atoms with Crippen LogP contribution >= 0.6 is 0 Å². The van der Waals surface area contributed by atoms with E-state index in [1.165, 1.54) is 0 Å². The number of carbonyl (C=O) groups is 5. The zero-order chi connectivity index (χ0) is 19.0. The quantitative estimate of drug-likeness (QED) is 0.527. The molecular weight excluding hydrogens is 340 g/mol. The number of hydrogen-bond acceptors (Lipinski definition) is 5. The minimum atomic E-state index is -2.01. The second-order valence-corrected chi connectivity index (χ2v) is 4.75. The number of carboxylic acid groups (broad SMARTS) is 5. The van der Waals surface area contributed by atoms with E-state index in [1.54, 1.807) is 0 Å². The van der Waals surface area contributed by atoms with Crippen LogP contribution in [0.2, 0.25) is 0 Å². The second kappa shape index (κ2) is 5.92. The summed E-state index contributed by atoms with van der Waals surface area (Å²) in [4.78, 5) is 57.4. The third kappa shape index (κ3) is 2.61. The number of fused-ring (bicyclic) bond motifs is 1. The Morgan fingerprint density at radius 2 is 1.00 bits per heavy atom. The van der Waals surface area contributed by atoms with Crippen molar-refractivity contribution in [2.75, 3.05) is 0 Å². The Bertz CT molecular complexity index is 986. The van der Waals surface area contributed by atoms with Gasteiger partial charge in [0.05, 0.1) is 27.8 Å². The lowest BCUT2D eigenvalue weighted by Crippen LogP contribution is -2.21. The van der Waals surface area contributed by atoms with Gasteiger partial charge in [-0.1, -0.05) is 12.1 Å².